The lowest BCUT2D eigenvalue weighted by molar-refractivity contribution is -0.116. The van der Waals surface area contributed by atoms with Gasteiger partial charge in [-0.1, -0.05) is 35.9 Å². The summed E-state index contributed by atoms with van der Waals surface area (Å²) in [5.41, 5.74) is 2.32. The molecule has 4 rings (SSSR count). The lowest BCUT2D eigenvalue weighted by Gasteiger charge is -2.13. The molecule has 0 radical (unpaired) electrons. The Balaban J connectivity index is 1.81. The third kappa shape index (κ3) is 3.59. The maximum atomic E-state index is 13.3. The number of carbonyl (C=O) groups excluding carboxylic acids is 1. The smallest absolute Gasteiger partial charge is 0.324 e. The Kier molecular flexibility index (Phi) is 5.13. The van der Waals surface area contributed by atoms with Crippen LogP contribution in [0.4, 0.5) is 5.69 Å². The van der Waals surface area contributed by atoms with Crippen molar-refractivity contribution in [3.8, 4) is 5.69 Å². The van der Waals surface area contributed by atoms with Gasteiger partial charge in [0, 0.05) is 10.6 Å². The fraction of sp³-hybridized carbons (Fsp3) is 0.174. The first-order valence-corrected chi connectivity index (χ1v) is 10.4. The molecule has 0 aliphatic carbocycles. The number of hydrogen-bond donors (Lipinski definition) is 1. The fourth-order valence-corrected chi connectivity index (χ4v) is 4.49. The van der Waals surface area contributed by atoms with E-state index in [4.69, 9.17) is 0 Å². The number of nitrogens with one attached hydrogen (secondary N) is 1. The van der Waals surface area contributed by atoms with E-state index in [9.17, 15) is 14.4 Å². The molecule has 0 unspecified atom stereocenters. The first-order valence-electron chi connectivity index (χ1n) is 9.53. The number of rotatable bonds is 4. The summed E-state index contributed by atoms with van der Waals surface area (Å²) in [6, 6.07) is 16.3. The molecule has 0 aliphatic heterocycles. The Hall–Kier alpha value is -3.45. The Morgan fingerprint density at radius 1 is 1.00 bits per heavy atom. The third-order valence-corrected chi connectivity index (χ3v) is 5.98. The Bertz CT molecular complexity index is 1380. The van der Waals surface area contributed by atoms with Gasteiger partial charge in [-0.2, -0.15) is 0 Å². The number of thiophene rings is 1. The van der Waals surface area contributed by atoms with Gasteiger partial charge in [0.1, 0.15) is 11.4 Å². The van der Waals surface area contributed by atoms with Crippen LogP contribution in [0, 0.1) is 20.8 Å². The molecule has 0 fully saturated rings. The van der Waals surface area contributed by atoms with Gasteiger partial charge in [-0.05, 0) is 50.6 Å². The van der Waals surface area contributed by atoms with Gasteiger partial charge in [0.15, 0.2) is 0 Å². The number of anilines is 1. The number of fused-ring (bicyclic) bond motifs is 1. The monoisotopic (exact) mass is 419 g/mol. The van der Waals surface area contributed by atoms with Gasteiger partial charge in [0.2, 0.25) is 5.91 Å². The maximum absolute atomic E-state index is 13.3. The summed E-state index contributed by atoms with van der Waals surface area (Å²) in [7, 11) is 0. The van der Waals surface area contributed by atoms with Gasteiger partial charge >= 0.3 is 5.69 Å². The van der Waals surface area contributed by atoms with Crippen molar-refractivity contribution in [2.24, 2.45) is 0 Å². The second-order valence-electron chi connectivity index (χ2n) is 7.29. The van der Waals surface area contributed by atoms with Gasteiger partial charge < -0.3 is 5.32 Å². The Labute approximate surface area is 177 Å². The Morgan fingerprint density at radius 2 is 1.73 bits per heavy atom. The zero-order valence-electron chi connectivity index (χ0n) is 16.9. The van der Waals surface area contributed by atoms with Gasteiger partial charge in [-0.3, -0.25) is 14.2 Å². The quantitative estimate of drug-likeness (QED) is 0.547. The number of aryl methyl sites for hydroxylation is 3. The van der Waals surface area contributed by atoms with Crippen LogP contribution < -0.4 is 16.6 Å². The molecule has 152 valence electrons. The van der Waals surface area contributed by atoms with E-state index in [0.29, 0.717) is 21.6 Å². The van der Waals surface area contributed by atoms with E-state index < -0.39 is 5.69 Å². The minimum absolute atomic E-state index is 0.185. The van der Waals surface area contributed by atoms with Crippen molar-refractivity contribution in [2.75, 3.05) is 5.32 Å². The first kappa shape index (κ1) is 19.8. The topological polar surface area (TPSA) is 73.1 Å². The molecule has 0 bridgehead atoms. The van der Waals surface area contributed by atoms with Crippen molar-refractivity contribution in [3.63, 3.8) is 0 Å². The molecular weight excluding hydrogens is 398 g/mol. The number of aromatic nitrogens is 2. The van der Waals surface area contributed by atoms with Crippen LogP contribution in [0.25, 0.3) is 15.9 Å². The highest BCUT2D eigenvalue weighted by molar-refractivity contribution is 7.18. The fourth-order valence-electron chi connectivity index (χ4n) is 3.50. The average molecular weight is 420 g/mol. The highest BCUT2D eigenvalue weighted by atomic mass is 32.1. The van der Waals surface area contributed by atoms with Crippen molar-refractivity contribution in [2.45, 2.75) is 27.3 Å². The largest absolute Gasteiger partial charge is 0.337 e. The van der Waals surface area contributed by atoms with Crippen LogP contribution in [0.3, 0.4) is 0 Å². The number of benzene rings is 2. The predicted molar refractivity (Wildman–Crippen MR) is 121 cm³/mol. The summed E-state index contributed by atoms with van der Waals surface area (Å²) in [6.45, 7) is 5.60. The van der Waals surface area contributed by atoms with Crippen LogP contribution in [0.1, 0.15) is 16.0 Å². The van der Waals surface area contributed by atoms with Crippen molar-refractivity contribution >= 4 is 33.1 Å². The average Bonchev–Trinajstić information content (AvgIpc) is 3.10. The lowest BCUT2D eigenvalue weighted by Crippen LogP contribution is -2.40. The van der Waals surface area contributed by atoms with Crippen LogP contribution in [-0.4, -0.2) is 15.0 Å². The second-order valence-corrected chi connectivity index (χ2v) is 8.52. The lowest BCUT2D eigenvalue weighted by atomic mass is 10.1. The van der Waals surface area contributed by atoms with Crippen LogP contribution in [0.15, 0.2) is 64.2 Å². The molecule has 2 aromatic heterocycles. The zero-order chi connectivity index (χ0) is 21.4. The molecule has 30 heavy (non-hydrogen) atoms. The van der Waals surface area contributed by atoms with Crippen molar-refractivity contribution < 1.29 is 4.79 Å². The third-order valence-electron chi connectivity index (χ3n) is 4.91. The second kappa shape index (κ2) is 7.76. The molecule has 4 aromatic rings. The molecule has 2 heterocycles. The molecule has 1 amide bonds. The molecule has 0 atom stereocenters. The zero-order valence-corrected chi connectivity index (χ0v) is 17.7. The molecule has 7 heteroatoms. The molecular formula is C23H21N3O3S. The Morgan fingerprint density at radius 3 is 2.43 bits per heavy atom. The van der Waals surface area contributed by atoms with Crippen molar-refractivity contribution in [1.82, 2.24) is 9.13 Å². The summed E-state index contributed by atoms with van der Waals surface area (Å²) in [5, 5.41) is 3.31. The summed E-state index contributed by atoms with van der Waals surface area (Å²) < 4.78 is 2.50. The normalized spacial score (nSPS) is 11.0. The molecule has 6 nitrogen and oxygen atoms in total. The highest BCUT2D eigenvalue weighted by Gasteiger charge is 2.18. The minimum atomic E-state index is -0.531. The number of amides is 1. The van der Waals surface area contributed by atoms with E-state index in [2.05, 4.69) is 5.32 Å². The highest BCUT2D eigenvalue weighted by Crippen LogP contribution is 2.22. The van der Waals surface area contributed by atoms with E-state index in [-0.39, 0.29) is 18.0 Å². The van der Waals surface area contributed by atoms with Crippen molar-refractivity contribution in [3.05, 3.63) is 91.4 Å². The molecule has 0 saturated heterocycles. The van der Waals surface area contributed by atoms with Crippen LogP contribution in [0.5, 0.6) is 0 Å². The van der Waals surface area contributed by atoms with Gasteiger partial charge in [-0.25, -0.2) is 9.36 Å². The minimum Gasteiger partial charge on any atom is -0.324 e. The number of para-hydroxylation sites is 1. The predicted octanol–water partition coefficient (Wildman–Crippen LogP) is 3.78. The van der Waals surface area contributed by atoms with Gasteiger partial charge in [0.05, 0.1) is 11.1 Å². The van der Waals surface area contributed by atoms with E-state index in [1.807, 2.05) is 45.0 Å². The summed E-state index contributed by atoms with van der Waals surface area (Å²) in [6.07, 6.45) is 0. The summed E-state index contributed by atoms with van der Waals surface area (Å²) in [5.74, 6) is -0.324. The molecule has 0 aliphatic rings. The van der Waals surface area contributed by atoms with Crippen LogP contribution in [0.2, 0.25) is 0 Å². The van der Waals surface area contributed by atoms with Crippen LogP contribution >= 0.6 is 11.3 Å². The maximum Gasteiger partial charge on any atom is 0.337 e. The molecule has 1 N–H and O–H groups in total. The molecule has 0 saturated carbocycles. The first-order chi connectivity index (χ1) is 14.3. The van der Waals surface area contributed by atoms with E-state index in [0.717, 1.165) is 20.6 Å². The van der Waals surface area contributed by atoms with E-state index in [1.165, 1.54) is 15.9 Å². The number of hydrogen-bond acceptors (Lipinski definition) is 4. The van der Waals surface area contributed by atoms with Crippen LogP contribution in [-0.2, 0) is 11.3 Å². The van der Waals surface area contributed by atoms with E-state index >= 15 is 0 Å². The molecule has 2 aromatic carbocycles. The van der Waals surface area contributed by atoms with Gasteiger partial charge in [0.25, 0.3) is 5.56 Å². The summed E-state index contributed by atoms with van der Waals surface area (Å²) in [4.78, 5) is 40.5. The van der Waals surface area contributed by atoms with E-state index in [1.54, 1.807) is 30.3 Å². The summed E-state index contributed by atoms with van der Waals surface area (Å²) >= 11 is 1.33. The van der Waals surface area contributed by atoms with Crippen molar-refractivity contribution in [1.29, 1.82) is 0 Å². The SMILES string of the molecule is Cc1ccc(NC(=O)Cn2c(=O)n(-c3ccccc3)c(=O)c3cc(C)sc32)c(C)c1. The molecule has 0 spiro atoms. The number of nitrogens with zero attached hydrogens (tertiary/aromatic N) is 2. The van der Waals surface area contributed by atoms with Gasteiger partial charge in [-0.15, -0.1) is 11.3 Å². The number of carbonyl (C=O) groups is 1. The standard InChI is InChI=1S/C23H21N3O3S/c1-14-9-10-19(15(2)11-14)24-20(27)13-25-22-18(12-16(3)30-22)21(28)26(23(25)29)17-7-5-4-6-8-17/h4-12H,13H2,1-3H3,(H,24,27).